The van der Waals surface area contributed by atoms with Crippen LogP contribution in [0.5, 0.6) is 0 Å². The van der Waals surface area contributed by atoms with Gasteiger partial charge in [-0.2, -0.15) is 5.26 Å². The molecule has 0 saturated carbocycles. The normalized spacial score (nSPS) is 10.2. The van der Waals surface area contributed by atoms with Crippen LogP contribution in [-0.2, 0) is 7.05 Å². The molecule has 0 fully saturated rings. The predicted octanol–water partition coefficient (Wildman–Crippen LogP) is 1.55. The second-order valence-corrected chi connectivity index (χ2v) is 3.22. The van der Waals surface area contributed by atoms with Crippen LogP contribution < -0.4 is 5.43 Å². The average molecular weight is 202 g/mol. The Morgan fingerprint density at radius 2 is 2.13 bits per heavy atom. The van der Waals surface area contributed by atoms with Crippen molar-refractivity contribution in [1.29, 1.82) is 5.26 Å². The number of rotatable bonds is 0. The lowest BCUT2D eigenvalue weighted by molar-refractivity contribution is 0.638. The zero-order valence-corrected chi connectivity index (χ0v) is 7.99. The van der Waals surface area contributed by atoms with Gasteiger partial charge in [-0.25, -0.2) is 4.39 Å². The number of hydrogen-bond acceptors (Lipinski definition) is 2. The van der Waals surface area contributed by atoms with Crippen molar-refractivity contribution >= 4 is 10.9 Å². The minimum absolute atomic E-state index is 0.0287. The molecule has 3 nitrogen and oxygen atoms in total. The maximum atomic E-state index is 13.4. The molecule has 0 bridgehead atoms. The Hall–Kier alpha value is -2.15. The first-order valence-electron chi connectivity index (χ1n) is 4.33. The van der Waals surface area contributed by atoms with E-state index in [1.54, 1.807) is 11.6 Å². The van der Waals surface area contributed by atoms with E-state index in [4.69, 9.17) is 5.26 Å². The fourth-order valence-electron chi connectivity index (χ4n) is 1.59. The van der Waals surface area contributed by atoms with Crippen molar-refractivity contribution < 1.29 is 4.39 Å². The average Bonchev–Trinajstić information content (AvgIpc) is 2.23. The van der Waals surface area contributed by atoms with Crippen LogP contribution >= 0.6 is 0 Å². The van der Waals surface area contributed by atoms with Gasteiger partial charge >= 0.3 is 0 Å². The third-order valence-electron chi connectivity index (χ3n) is 2.30. The molecule has 1 aromatic carbocycles. The highest BCUT2D eigenvalue weighted by atomic mass is 19.1. The molecule has 0 aliphatic carbocycles. The zero-order valence-electron chi connectivity index (χ0n) is 7.99. The zero-order chi connectivity index (χ0) is 11.0. The summed E-state index contributed by atoms with van der Waals surface area (Å²) < 4.78 is 15.0. The molecule has 2 rings (SSSR count). The summed E-state index contributed by atoms with van der Waals surface area (Å²) in [7, 11) is 1.67. The third-order valence-corrected chi connectivity index (χ3v) is 2.30. The Bertz CT molecular complexity index is 637. The van der Waals surface area contributed by atoms with Crippen molar-refractivity contribution in [3.8, 4) is 6.07 Å². The summed E-state index contributed by atoms with van der Waals surface area (Å²) in [4.78, 5) is 11.5. The van der Waals surface area contributed by atoms with Gasteiger partial charge in [-0.3, -0.25) is 4.79 Å². The van der Waals surface area contributed by atoms with Crippen molar-refractivity contribution in [2.45, 2.75) is 0 Å². The molecule has 0 unspecified atom stereocenters. The van der Waals surface area contributed by atoms with E-state index in [0.717, 1.165) is 6.07 Å². The molecule has 0 radical (unpaired) electrons. The lowest BCUT2D eigenvalue weighted by Gasteiger charge is -2.06. The summed E-state index contributed by atoms with van der Waals surface area (Å²) >= 11 is 0. The molecule has 4 heteroatoms. The number of hydrogen-bond donors (Lipinski definition) is 0. The van der Waals surface area contributed by atoms with Gasteiger partial charge in [0.05, 0.1) is 16.5 Å². The first kappa shape index (κ1) is 9.41. The molecule has 0 aliphatic heterocycles. The van der Waals surface area contributed by atoms with Gasteiger partial charge in [0.2, 0.25) is 0 Å². The third kappa shape index (κ3) is 1.29. The van der Waals surface area contributed by atoms with E-state index >= 15 is 0 Å². The van der Waals surface area contributed by atoms with Crippen molar-refractivity contribution in [3.05, 3.63) is 46.0 Å². The molecular formula is C11H7FN2O. The van der Waals surface area contributed by atoms with Gasteiger partial charge in [0.15, 0.2) is 5.43 Å². The summed E-state index contributed by atoms with van der Waals surface area (Å²) in [6.07, 6.45) is 1.52. The monoisotopic (exact) mass is 202 g/mol. The lowest BCUT2D eigenvalue weighted by atomic mass is 10.1. The van der Waals surface area contributed by atoms with Crippen LogP contribution in [0, 0.1) is 17.1 Å². The maximum absolute atomic E-state index is 13.4. The number of benzene rings is 1. The van der Waals surface area contributed by atoms with Gasteiger partial charge in [0, 0.05) is 19.3 Å². The minimum atomic E-state index is -0.592. The number of aryl methyl sites for hydroxylation is 1. The highest BCUT2D eigenvalue weighted by Gasteiger charge is 2.10. The Balaban J connectivity index is 3.15. The molecule has 0 N–H and O–H groups in total. The van der Waals surface area contributed by atoms with Crippen molar-refractivity contribution in [3.63, 3.8) is 0 Å². The van der Waals surface area contributed by atoms with E-state index < -0.39 is 11.2 Å². The summed E-state index contributed by atoms with van der Waals surface area (Å²) in [5.41, 5.74) is 0.231. The van der Waals surface area contributed by atoms with Crippen LogP contribution in [0.2, 0.25) is 0 Å². The Kier molecular flexibility index (Phi) is 2.01. The standard InChI is InChI=1S/C11H7FN2O/c1-14-5-4-9(15)10-8(12)3-2-7(6-13)11(10)14/h2-5H,1H3. The van der Waals surface area contributed by atoms with Gasteiger partial charge in [0.25, 0.3) is 0 Å². The topological polar surface area (TPSA) is 45.8 Å². The van der Waals surface area contributed by atoms with Crippen LogP contribution in [-0.4, -0.2) is 4.57 Å². The number of fused-ring (bicyclic) bond motifs is 1. The molecule has 15 heavy (non-hydrogen) atoms. The van der Waals surface area contributed by atoms with Crippen LogP contribution in [0.4, 0.5) is 4.39 Å². The molecule has 0 atom stereocenters. The molecule has 0 spiro atoms. The molecule has 2 aromatic rings. The summed E-state index contributed by atoms with van der Waals surface area (Å²) in [5, 5.41) is 8.83. The molecular weight excluding hydrogens is 195 g/mol. The molecule has 0 saturated heterocycles. The van der Waals surface area contributed by atoms with E-state index in [9.17, 15) is 9.18 Å². The number of nitriles is 1. The van der Waals surface area contributed by atoms with Gasteiger partial charge in [-0.15, -0.1) is 0 Å². The van der Waals surface area contributed by atoms with Crippen molar-refractivity contribution in [2.24, 2.45) is 7.05 Å². The number of aromatic nitrogens is 1. The van der Waals surface area contributed by atoms with Crippen molar-refractivity contribution in [1.82, 2.24) is 4.57 Å². The minimum Gasteiger partial charge on any atom is -0.349 e. The molecule has 0 aliphatic rings. The van der Waals surface area contributed by atoms with Gasteiger partial charge in [-0.05, 0) is 12.1 Å². The van der Waals surface area contributed by atoms with Gasteiger partial charge < -0.3 is 4.57 Å². The summed E-state index contributed by atoms with van der Waals surface area (Å²) in [6, 6.07) is 5.74. The van der Waals surface area contributed by atoms with Crippen LogP contribution in [0.15, 0.2) is 29.2 Å². The lowest BCUT2D eigenvalue weighted by Crippen LogP contribution is -2.08. The Labute approximate surface area is 85.0 Å². The SMILES string of the molecule is Cn1ccc(=O)c2c(F)ccc(C#N)c21. The van der Waals surface area contributed by atoms with Crippen molar-refractivity contribution in [2.75, 3.05) is 0 Å². The summed E-state index contributed by atoms with van der Waals surface area (Å²) in [6.45, 7) is 0. The molecule has 1 aromatic heterocycles. The van der Waals surface area contributed by atoms with E-state index in [1.807, 2.05) is 6.07 Å². The maximum Gasteiger partial charge on any atom is 0.192 e. The Morgan fingerprint density at radius 3 is 2.80 bits per heavy atom. The first-order valence-corrected chi connectivity index (χ1v) is 4.33. The molecule has 0 amide bonds. The van der Waals surface area contributed by atoms with Gasteiger partial charge in [-0.1, -0.05) is 0 Å². The largest absolute Gasteiger partial charge is 0.349 e. The summed E-state index contributed by atoms with van der Waals surface area (Å²) in [5.74, 6) is -0.592. The number of halogens is 1. The smallest absolute Gasteiger partial charge is 0.192 e. The van der Waals surface area contributed by atoms with Gasteiger partial charge in [0.1, 0.15) is 11.9 Å². The number of pyridine rings is 1. The second kappa shape index (κ2) is 3.21. The highest BCUT2D eigenvalue weighted by molar-refractivity contribution is 5.84. The number of nitrogens with zero attached hydrogens (tertiary/aromatic N) is 2. The fourth-order valence-corrected chi connectivity index (χ4v) is 1.59. The molecule has 74 valence electrons. The fraction of sp³-hybridized carbons (Fsp3) is 0.0909. The Morgan fingerprint density at radius 1 is 1.40 bits per heavy atom. The molecule has 1 heterocycles. The van der Waals surface area contributed by atoms with Crippen LogP contribution in [0.1, 0.15) is 5.56 Å². The highest BCUT2D eigenvalue weighted by Crippen LogP contribution is 2.17. The van der Waals surface area contributed by atoms with E-state index in [1.165, 1.54) is 18.3 Å². The van der Waals surface area contributed by atoms with E-state index in [-0.39, 0.29) is 5.39 Å². The second-order valence-electron chi connectivity index (χ2n) is 3.22. The van der Waals surface area contributed by atoms with Crippen LogP contribution in [0.25, 0.3) is 10.9 Å². The van der Waals surface area contributed by atoms with E-state index in [0.29, 0.717) is 11.1 Å². The first-order chi connectivity index (χ1) is 7.15. The quantitative estimate of drug-likeness (QED) is 0.650. The van der Waals surface area contributed by atoms with E-state index in [2.05, 4.69) is 0 Å². The van der Waals surface area contributed by atoms with Crippen LogP contribution in [0.3, 0.4) is 0 Å². The predicted molar refractivity (Wildman–Crippen MR) is 53.9 cm³/mol.